The van der Waals surface area contributed by atoms with Crippen molar-refractivity contribution in [3.63, 3.8) is 0 Å². The molecular weight excluding hydrogens is 406 g/mol. The Morgan fingerprint density at radius 3 is 2.58 bits per heavy atom. The van der Waals surface area contributed by atoms with Gasteiger partial charge in [-0.25, -0.2) is 0 Å². The fourth-order valence-corrected chi connectivity index (χ4v) is 6.21. The van der Waals surface area contributed by atoms with Gasteiger partial charge in [0.1, 0.15) is 4.83 Å². The molecule has 31 heavy (non-hydrogen) atoms. The van der Waals surface area contributed by atoms with Crippen molar-refractivity contribution in [1.29, 1.82) is 0 Å². The summed E-state index contributed by atoms with van der Waals surface area (Å²) in [6, 6.07) is 8.51. The number of carbonyl (C=O) groups is 1. The second-order valence-electron chi connectivity index (χ2n) is 8.67. The van der Waals surface area contributed by atoms with Crippen LogP contribution in [-0.2, 0) is 30.6 Å². The fraction of sp³-hybridized carbons (Fsp3) is 0.462. The molecule has 1 aliphatic rings. The Morgan fingerprint density at radius 2 is 1.87 bits per heavy atom. The summed E-state index contributed by atoms with van der Waals surface area (Å²) in [6.45, 7) is 4.93. The molecule has 2 aromatic heterocycles. The smallest absolute Gasteiger partial charge is 0.303 e. The van der Waals surface area contributed by atoms with Gasteiger partial charge in [0.25, 0.3) is 5.56 Å². The second kappa shape index (κ2) is 9.39. The predicted octanol–water partition coefficient (Wildman–Crippen LogP) is 6.12. The van der Waals surface area contributed by atoms with Crippen LogP contribution < -0.4 is 5.56 Å². The van der Waals surface area contributed by atoms with E-state index in [0.717, 1.165) is 47.3 Å². The number of hydrogen-bond acceptors (Lipinski definition) is 3. The first-order valence-electron chi connectivity index (χ1n) is 11.5. The van der Waals surface area contributed by atoms with E-state index in [1.165, 1.54) is 34.2 Å². The molecule has 0 unspecified atom stereocenters. The van der Waals surface area contributed by atoms with Crippen molar-refractivity contribution >= 4 is 27.5 Å². The van der Waals surface area contributed by atoms with E-state index < -0.39 is 5.97 Å². The van der Waals surface area contributed by atoms with Crippen LogP contribution in [0.25, 0.3) is 21.3 Å². The topological polar surface area (TPSA) is 59.3 Å². The standard InChI is InChI=1S/C26H31NO3S/c1-3-16-27-25(30)20(9-5-7-11-22(28)29)23(18-14-12-17(2)13-15-18)24-19-8-4-6-10-21(19)31-26(24)27/h12-15H,3-11,16H2,1-2H3,(H,28,29). The van der Waals surface area contributed by atoms with Crippen LogP contribution in [0.4, 0.5) is 0 Å². The molecule has 0 atom stereocenters. The van der Waals surface area contributed by atoms with E-state index in [0.29, 0.717) is 19.3 Å². The van der Waals surface area contributed by atoms with Gasteiger partial charge < -0.3 is 5.11 Å². The molecule has 3 aromatic rings. The summed E-state index contributed by atoms with van der Waals surface area (Å²) in [5.74, 6) is -0.774. The molecule has 4 rings (SSSR count). The van der Waals surface area contributed by atoms with Crippen molar-refractivity contribution in [3.05, 3.63) is 56.2 Å². The van der Waals surface area contributed by atoms with Gasteiger partial charge in [-0.05, 0) is 69.4 Å². The van der Waals surface area contributed by atoms with Crippen LogP contribution >= 0.6 is 11.3 Å². The van der Waals surface area contributed by atoms with Crippen molar-refractivity contribution in [2.75, 3.05) is 0 Å². The Labute approximate surface area is 187 Å². The van der Waals surface area contributed by atoms with Gasteiger partial charge in [-0.2, -0.15) is 0 Å². The third kappa shape index (κ3) is 4.33. The van der Waals surface area contributed by atoms with E-state index in [1.807, 2.05) is 15.9 Å². The van der Waals surface area contributed by atoms with Gasteiger partial charge in [-0.3, -0.25) is 14.2 Å². The lowest BCUT2D eigenvalue weighted by Gasteiger charge is -2.18. The number of aromatic nitrogens is 1. The zero-order chi connectivity index (χ0) is 22.0. The first-order chi connectivity index (χ1) is 15.0. The number of carboxylic acids is 1. The molecule has 5 heteroatoms. The molecule has 1 aromatic carbocycles. The van der Waals surface area contributed by atoms with Crippen molar-refractivity contribution < 1.29 is 9.90 Å². The number of benzene rings is 1. The summed E-state index contributed by atoms with van der Waals surface area (Å²) in [5, 5.41) is 10.3. The number of carboxylic acid groups (broad SMARTS) is 1. The molecule has 1 N–H and O–H groups in total. The molecule has 0 fully saturated rings. The summed E-state index contributed by atoms with van der Waals surface area (Å²) < 4.78 is 2.00. The average molecular weight is 438 g/mol. The normalized spacial score (nSPS) is 13.5. The van der Waals surface area contributed by atoms with Gasteiger partial charge in [-0.15, -0.1) is 11.3 Å². The molecule has 164 valence electrons. The molecule has 1 aliphatic carbocycles. The minimum absolute atomic E-state index is 0.110. The number of nitrogens with zero attached hydrogens (tertiary/aromatic N) is 1. The fourth-order valence-electron chi connectivity index (χ4n) is 4.79. The maximum Gasteiger partial charge on any atom is 0.303 e. The molecular formula is C26H31NO3S. The molecule has 2 heterocycles. The van der Waals surface area contributed by atoms with Gasteiger partial charge >= 0.3 is 5.97 Å². The van der Waals surface area contributed by atoms with Gasteiger partial charge in [0.15, 0.2) is 0 Å². The molecule has 0 radical (unpaired) electrons. The van der Waals surface area contributed by atoms with E-state index in [4.69, 9.17) is 5.11 Å². The van der Waals surface area contributed by atoms with Crippen molar-refractivity contribution in [2.45, 2.75) is 78.2 Å². The zero-order valence-electron chi connectivity index (χ0n) is 18.5. The third-order valence-electron chi connectivity index (χ3n) is 6.31. The Bertz CT molecular complexity index is 1150. The summed E-state index contributed by atoms with van der Waals surface area (Å²) in [4.78, 5) is 27.3. The first kappa shape index (κ1) is 21.8. The minimum atomic E-state index is -0.774. The molecule has 0 spiro atoms. The quantitative estimate of drug-likeness (QED) is 0.432. The van der Waals surface area contributed by atoms with Gasteiger partial charge in [0, 0.05) is 34.4 Å². The summed E-state index contributed by atoms with van der Waals surface area (Å²) in [5.41, 5.74) is 5.83. The number of aliphatic carboxylic acids is 1. The number of hydrogen-bond donors (Lipinski definition) is 1. The molecule has 0 saturated heterocycles. The number of rotatable bonds is 8. The number of thiophene rings is 1. The Morgan fingerprint density at radius 1 is 1.13 bits per heavy atom. The lowest BCUT2D eigenvalue weighted by Crippen LogP contribution is -2.25. The number of fused-ring (bicyclic) bond motifs is 3. The molecule has 4 nitrogen and oxygen atoms in total. The zero-order valence-corrected chi connectivity index (χ0v) is 19.3. The summed E-state index contributed by atoms with van der Waals surface area (Å²) in [7, 11) is 0. The predicted molar refractivity (Wildman–Crippen MR) is 128 cm³/mol. The highest BCUT2D eigenvalue weighted by Gasteiger charge is 2.25. The van der Waals surface area contributed by atoms with Crippen LogP contribution in [0.15, 0.2) is 29.1 Å². The lowest BCUT2D eigenvalue weighted by molar-refractivity contribution is -0.137. The van der Waals surface area contributed by atoms with Crippen molar-refractivity contribution in [2.24, 2.45) is 0 Å². The van der Waals surface area contributed by atoms with Crippen LogP contribution in [0.3, 0.4) is 0 Å². The van der Waals surface area contributed by atoms with Gasteiger partial charge in [0.2, 0.25) is 0 Å². The Hall–Kier alpha value is -2.40. The highest BCUT2D eigenvalue weighted by Crippen LogP contribution is 2.42. The van der Waals surface area contributed by atoms with Crippen LogP contribution in [0.5, 0.6) is 0 Å². The largest absolute Gasteiger partial charge is 0.481 e. The van der Waals surface area contributed by atoms with Crippen LogP contribution in [0, 0.1) is 6.92 Å². The van der Waals surface area contributed by atoms with Gasteiger partial charge in [0.05, 0.1) is 0 Å². The highest BCUT2D eigenvalue weighted by molar-refractivity contribution is 7.19. The van der Waals surface area contributed by atoms with Crippen molar-refractivity contribution in [1.82, 2.24) is 4.57 Å². The monoisotopic (exact) mass is 437 g/mol. The number of aryl methyl sites for hydroxylation is 4. The summed E-state index contributed by atoms with van der Waals surface area (Å²) in [6.07, 6.45) is 7.61. The van der Waals surface area contributed by atoms with E-state index in [1.54, 1.807) is 0 Å². The molecule has 0 saturated carbocycles. The Kier molecular flexibility index (Phi) is 6.61. The number of pyridine rings is 1. The van der Waals surface area contributed by atoms with E-state index in [9.17, 15) is 9.59 Å². The molecule has 0 bridgehead atoms. The lowest BCUT2D eigenvalue weighted by atomic mass is 9.89. The number of unbranched alkanes of at least 4 members (excludes halogenated alkanes) is 1. The van der Waals surface area contributed by atoms with Gasteiger partial charge in [-0.1, -0.05) is 36.8 Å². The minimum Gasteiger partial charge on any atom is -0.481 e. The summed E-state index contributed by atoms with van der Waals surface area (Å²) >= 11 is 1.82. The van der Waals surface area contributed by atoms with Crippen LogP contribution in [0.2, 0.25) is 0 Å². The average Bonchev–Trinajstić information content (AvgIpc) is 3.13. The van der Waals surface area contributed by atoms with E-state index in [2.05, 4.69) is 38.1 Å². The third-order valence-corrected chi connectivity index (χ3v) is 7.62. The van der Waals surface area contributed by atoms with Crippen LogP contribution in [-0.4, -0.2) is 15.6 Å². The highest BCUT2D eigenvalue weighted by atomic mass is 32.1. The Balaban J connectivity index is 1.96. The SMILES string of the molecule is CCCn1c(=O)c(CCCCC(=O)O)c(-c2ccc(C)cc2)c2c3c(sc21)CCCC3. The first-order valence-corrected chi connectivity index (χ1v) is 12.3. The second-order valence-corrected chi connectivity index (χ2v) is 9.75. The maximum absolute atomic E-state index is 13.7. The molecule has 0 aliphatic heterocycles. The van der Waals surface area contributed by atoms with Crippen molar-refractivity contribution in [3.8, 4) is 11.1 Å². The van der Waals surface area contributed by atoms with E-state index >= 15 is 0 Å². The van der Waals surface area contributed by atoms with E-state index in [-0.39, 0.29) is 12.0 Å². The molecule has 0 amide bonds. The van der Waals surface area contributed by atoms with Crippen LogP contribution in [0.1, 0.15) is 67.0 Å². The maximum atomic E-state index is 13.7.